The zero-order chi connectivity index (χ0) is 11.8. The number of hydrogen-bond donors (Lipinski definition) is 1. The molecule has 0 aromatic rings. The highest BCUT2D eigenvalue weighted by Crippen LogP contribution is 2.09. The fraction of sp³-hybridized carbons (Fsp3) is 1.00. The molecule has 0 aliphatic carbocycles. The summed E-state index contributed by atoms with van der Waals surface area (Å²) in [5.41, 5.74) is 0. The number of ether oxygens (including phenoxy) is 1. The minimum Gasteiger partial charge on any atom is -0.374 e. The summed E-state index contributed by atoms with van der Waals surface area (Å²) in [4.78, 5) is 0. The summed E-state index contributed by atoms with van der Waals surface area (Å²) < 4.78 is 5.89. The molecule has 0 aliphatic rings. The molecular formula is C13H29NO. The first-order chi connectivity index (χ1) is 6.95. The van der Waals surface area contributed by atoms with Gasteiger partial charge in [-0.2, -0.15) is 0 Å². The van der Waals surface area contributed by atoms with Crippen LogP contribution in [0.15, 0.2) is 0 Å². The van der Waals surface area contributed by atoms with Crippen molar-refractivity contribution in [3.05, 3.63) is 0 Å². The van der Waals surface area contributed by atoms with Gasteiger partial charge in [0.15, 0.2) is 0 Å². The van der Waals surface area contributed by atoms with E-state index in [1.807, 2.05) is 0 Å². The van der Waals surface area contributed by atoms with E-state index < -0.39 is 0 Å². The Hall–Kier alpha value is -0.0800. The molecule has 1 N–H and O–H groups in total. The molecule has 0 amide bonds. The second-order valence-electron chi connectivity index (χ2n) is 5.10. The molecule has 2 nitrogen and oxygen atoms in total. The van der Waals surface area contributed by atoms with Crippen LogP contribution < -0.4 is 5.32 Å². The Morgan fingerprint density at radius 2 is 1.60 bits per heavy atom. The lowest BCUT2D eigenvalue weighted by atomic mass is 10.1. The molecule has 3 atom stereocenters. The Bertz CT molecular complexity index is 147. The zero-order valence-electron chi connectivity index (χ0n) is 11.3. The molecule has 0 spiro atoms. The molecule has 0 fully saturated rings. The Balaban J connectivity index is 3.59. The van der Waals surface area contributed by atoms with Crippen molar-refractivity contribution >= 4 is 0 Å². The van der Waals surface area contributed by atoms with E-state index in [0.29, 0.717) is 18.2 Å². The number of rotatable bonds is 8. The maximum Gasteiger partial charge on any atom is 0.0675 e. The van der Waals surface area contributed by atoms with Gasteiger partial charge < -0.3 is 10.1 Å². The highest BCUT2D eigenvalue weighted by Gasteiger charge is 2.10. The van der Waals surface area contributed by atoms with E-state index in [4.69, 9.17) is 4.74 Å². The van der Waals surface area contributed by atoms with Crippen LogP contribution in [0.3, 0.4) is 0 Å². The molecule has 0 saturated carbocycles. The maximum absolute atomic E-state index is 5.89. The van der Waals surface area contributed by atoms with Crippen LogP contribution in [-0.4, -0.2) is 24.8 Å². The van der Waals surface area contributed by atoms with Crippen molar-refractivity contribution in [1.29, 1.82) is 0 Å². The molecule has 0 bridgehead atoms. The van der Waals surface area contributed by atoms with Crippen LogP contribution in [0.2, 0.25) is 0 Å². The van der Waals surface area contributed by atoms with E-state index in [0.717, 1.165) is 18.9 Å². The van der Waals surface area contributed by atoms with E-state index in [1.165, 1.54) is 6.42 Å². The average Bonchev–Trinajstić information content (AvgIpc) is 2.12. The van der Waals surface area contributed by atoms with E-state index in [-0.39, 0.29) is 0 Å². The van der Waals surface area contributed by atoms with Crippen LogP contribution in [0.25, 0.3) is 0 Å². The highest BCUT2D eigenvalue weighted by atomic mass is 16.5. The monoisotopic (exact) mass is 215 g/mol. The van der Waals surface area contributed by atoms with Crippen molar-refractivity contribution in [2.45, 2.75) is 72.6 Å². The van der Waals surface area contributed by atoms with Gasteiger partial charge in [-0.3, -0.25) is 0 Å². The molecule has 0 heterocycles. The van der Waals surface area contributed by atoms with Crippen LogP contribution in [0.5, 0.6) is 0 Å². The first kappa shape index (κ1) is 14.9. The SMILES string of the molecule is CCC(C)NCC(C)OC(C)CC(C)C. The third kappa shape index (κ3) is 8.88. The lowest BCUT2D eigenvalue weighted by Crippen LogP contribution is -2.34. The third-order valence-corrected chi connectivity index (χ3v) is 2.63. The summed E-state index contributed by atoms with van der Waals surface area (Å²) >= 11 is 0. The molecule has 0 aliphatic heterocycles. The smallest absolute Gasteiger partial charge is 0.0675 e. The normalized spacial score (nSPS) is 17.8. The van der Waals surface area contributed by atoms with Gasteiger partial charge in [-0.25, -0.2) is 0 Å². The predicted octanol–water partition coefficient (Wildman–Crippen LogP) is 3.21. The van der Waals surface area contributed by atoms with Gasteiger partial charge in [0.05, 0.1) is 12.2 Å². The van der Waals surface area contributed by atoms with Crippen molar-refractivity contribution in [3.63, 3.8) is 0 Å². The molecule has 0 saturated heterocycles. The summed E-state index contributed by atoms with van der Waals surface area (Å²) in [6.45, 7) is 14.2. The molecule has 92 valence electrons. The van der Waals surface area contributed by atoms with E-state index in [2.05, 4.69) is 46.9 Å². The molecule has 0 aromatic heterocycles. The van der Waals surface area contributed by atoms with Gasteiger partial charge in [-0.1, -0.05) is 20.8 Å². The van der Waals surface area contributed by atoms with Crippen molar-refractivity contribution in [1.82, 2.24) is 5.32 Å². The molecule has 0 radical (unpaired) electrons. The second-order valence-corrected chi connectivity index (χ2v) is 5.10. The third-order valence-electron chi connectivity index (χ3n) is 2.63. The van der Waals surface area contributed by atoms with Crippen molar-refractivity contribution < 1.29 is 4.74 Å². The summed E-state index contributed by atoms with van der Waals surface area (Å²) in [5, 5.41) is 3.47. The fourth-order valence-electron chi connectivity index (χ4n) is 1.68. The van der Waals surface area contributed by atoms with Gasteiger partial charge in [-0.15, -0.1) is 0 Å². The highest BCUT2D eigenvalue weighted by molar-refractivity contribution is 4.64. The minimum absolute atomic E-state index is 0.313. The average molecular weight is 215 g/mol. The summed E-state index contributed by atoms with van der Waals surface area (Å²) in [7, 11) is 0. The molecule has 15 heavy (non-hydrogen) atoms. The van der Waals surface area contributed by atoms with Crippen LogP contribution >= 0.6 is 0 Å². The maximum atomic E-state index is 5.89. The van der Waals surface area contributed by atoms with E-state index in [9.17, 15) is 0 Å². The predicted molar refractivity (Wildman–Crippen MR) is 67.2 cm³/mol. The van der Waals surface area contributed by atoms with Gasteiger partial charge in [0.25, 0.3) is 0 Å². The molecule has 0 rings (SSSR count). The van der Waals surface area contributed by atoms with Crippen LogP contribution in [-0.2, 0) is 4.74 Å². The Morgan fingerprint density at radius 1 is 1.00 bits per heavy atom. The fourth-order valence-corrected chi connectivity index (χ4v) is 1.68. The van der Waals surface area contributed by atoms with Crippen LogP contribution in [0, 0.1) is 5.92 Å². The lowest BCUT2D eigenvalue weighted by molar-refractivity contribution is -0.00208. The molecule has 3 unspecified atom stereocenters. The first-order valence-electron chi connectivity index (χ1n) is 6.34. The quantitative estimate of drug-likeness (QED) is 0.671. The molecule has 0 aromatic carbocycles. The first-order valence-corrected chi connectivity index (χ1v) is 6.34. The van der Waals surface area contributed by atoms with Gasteiger partial charge >= 0.3 is 0 Å². The Morgan fingerprint density at radius 3 is 2.07 bits per heavy atom. The minimum atomic E-state index is 0.313. The van der Waals surface area contributed by atoms with E-state index >= 15 is 0 Å². The van der Waals surface area contributed by atoms with Gasteiger partial charge in [0, 0.05) is 12.6 Å². The number of nitrogens with one attached hydrogen (secondary N) is 1. The molecule has 2 heteroatoms. The largest absolute Gasteiger partial charge is 0.374 e. The summed E-state index contributed by atoms with van der Waals surface area (Å²) in [5.74, 6) is 0.717. The van der Waals surface area contributed by atoms with Gasteiger partial charge in [0.1, 0.15) is 0 Å². The zero-order valence-corrected chi connectivity index (χ0v) is 11.3. The standard InChI is InChI=1S/C13H29NO/c1-7-11(4)14-9-13(6)15-12(5)8-10(2)3/h10-14H,7-9H2,1-6H3. The lowest BCUT2D eigenvalue weighted by Gasteiger charge is -2.22. The second kappa shape index (κ2) is 8.12. The summed E-state index contributed by atoms with van der Waals surface area (Å²) in [6, 6.07) is 0.594. The van der Waals surface area contributed by atoms with Crippen molar-refractivity contribution in [2.24, 2.45) is 5.92 Å². The van der Waals surface area contributed by atoms with E-state index in [1.54, 1.807) is 0 Å². The van der Waals surface area contributed by atoms with Crippen LogP contribution in [0.1, 0.15) is 54.4 Å². The summed E-state index contributed by atoms with van der Waals surface area (Å²) in [6.07, 6.45) is 3.01. The van der Waals surface area contributed by atoms with Crippen molar-refractivity contribution in [2.75, 3.05) is 6.54 Å². The number of hydrogen-bond acceptors (Lipinski definition) is 2. The van der Waals surface area contributed by atoms with Crippen molar-refractivity contribution in [3.8, 4) is 0 Å². The van der Waals surface area contributed by atoms with Gasteiger partial charge in [0.2, 0.25) is 0 Å². The topological polar surface area (TPSA) is 21.3 Å². The van der Waals surface area contributed by atoms with Crippen LogP contribution in [0.4, 0.5) is 0 Å². The Labute approximate surface area is 95.8 Å². The Kier molecular flexibility index (Phi) is 8.07. The molecular weight excluding hydrogens is 186 g/mol. The van der Waals surface area contributed by atoms with Gasteiger partial charge in [-0.05, 0) is 39.5 Å².